The van der Waals surface area contributed by atoms with Crippen molar-refractivity contribution in [3.63, 3.8) is 0 Å². The van der Waals surface area contributed by atoms with E-state index in [1.165, 1.54) is 0 Å². The highest BCUT2D eigenvalue weighted by molar-refractivity contribution is 5.48. The lowest BCUT2D eigenvalue weighted by molar-refractivity contribution is 1.04. The first kappa shape index (κ1) is 13.4. The maximum atomic E-state index is 8.79. The minimum atomic E-state index is 0.602. The highest BCUT2D eigenvalue weighted by atomic mass is 14.8. The van der Waals surface area contributed by atoms with Crippen LogP contribution in [0.5, 0.6) is 0 Å². The van der Waals surface area contributed by atoms with E-state index in [2.05, 4.69) is 36.4 Å². The van der Waals surface area contributed by atoms with E-state index in [9.17, 15) is 0 Å². The minimum absolute atomic E-state index is 0.602. The van der Waals surface area contributed by atoms with Crippen LogP contribution in [0.1, 0.15) is 11.1 Å². The lowest BCUT2D eigenvalue weighted by Gasteiger charge is -1.97. The van der Waals surface area contributed by atoms with E-state index in [-0.39, 0.29) is 0 Å². The van der Waals surface area contributed by atoms with Crippen LogP contribution in [0, 0.1) is 23.2 Å². The van der Waals surface area contributed by atoms with E-state index >= 15 is 0 Å². The summed E-state index contributed by atoms with van der Waals surface area (Å²) in [6.07, 6.45) is 3.48. The smallest absolute Gasteiger partial charge is 0.0992 e. The summed E-state index contributed by atoms with van der Waals surface area (Å²) in [5, 5.41) is 11.7. The van der Waals surface area contributed by atoms with Gasteiger partial charge < -0.3 is 5.32 Å². The van der Waals surface area contributed by atoms with Crippen molar-refractivity contribution in [1.82, 2.24) is 5.32 Å². The van der Waals surface area contributed by atoms with Crippen molar-refractivity contribution in [2.45, 2.75) is 0 Å². The molecule has 0 amide bonds. The first-order chi connectivity index (χ1) is 8.69. The molecule has 0 saturated carbocycles. The molecule has 1 N–H and O–H groups in total. The van der Waals surface area contributed by atoms with E-state index in [1.807, 2.05) is 18.2 Å². The summed E-state index contributed by atoms with van der Waals surface area (Å²) < 4.78 is 0. The molecule has 1 aromatic rings. The Hall–Kier alpha value is -2.71. The molecule has 88 valence electrons. The lowest BCUT2D eigenvalue weighted by atomic mass is 10.1. The number of nitrogens with one attached hydrogen (secondary N) is 1. The molecule has 0 aliphatic carbocycles. The number of hydrogen-bond acceptors (Lipinski definition) is 2. The quantitative estimate of drug-likeness (QED) is 0.645. The van der Waals surface area contributed by atoms with Gasteiger partial charge in [-0.1, -0.05) is 37.1 Å². The van der Waals surface area contributed by atoms with E-state index in [4.69, 9.17) is 5.26 Å². The van der Waals surface area contributed by atoms with Crippen LogP contribution in [0.3, 0.4) is 0 Å². The predicted octanol–water partition coefficient (Wildman–Crippen LogP) is 2.76. The van der Waals surface area contributed by atoms with Crippen LogP contribution in [0.4, 0.5) is 0 Å². The van der Waals surface area contributed by atoms with Gasteiger partial charge in [-0.15, -0.1) is 0 Å². The van der Waals surface area contributed by atoms with Crippen molar-refractivity contribution in [3.8, 4) is 17.9 Å². The molecule has 0 heterocycles. The summed E-state index contributed by atoms with van der Waals surface area (Å²) in [7, 11) is 1.80. The number of nitriles is 1. The molecular formula is C16H14N2. The third-order valence-corrected chi connectivity index (χ3v) is 2.21. The molecule has 0 aliphatic rings. The van der Waals surface area contributed by atoms with Crippen molar-refractivity contribution in [1.29, 1.82) is 5.26 Å². The third kappa shape index (κ3) is 4.04. The molecule has 0 aromatic heterocycles. The molecule has 0 radical (unpaired) electrons. The van der Waals surface area contributed by atoms with Crippen molar-refractivity contribution in [2.75, 3.05) is 7.05 Å². The number of likely N-dealkylation sites (N-methyl/N-ethyl adjacent to an activating group) is 1. The van der Waals surface area contributed by atoms with Crippen LogP contribution in [-0.2, 0) is 0 Å². The van der Waals surface area contributed by atoms with Gasteiger partial charge in [-0.3, -0.25) is 0 Å². The SMILES string of the molecule is C=CC(C#Cc1cccc(C#N)c1)=CC(=C)NC. The monoisotopic (exact) mass is 234 g/mol. The summed E-state index contributed by atoms with van der Waals surface area (Å²) in [4.78, 5) is 0. The zero-order valence-corrected chi connectivity index (χ0v) is 10.3. The molecule has 0 spiro atoms. The van der Waals surface area contributed by atoms with Crippen molar-refractivity contribution >= 4 is 0 Å². The van der Waals surface area contributed by atoms with Crippen LogP contribution in [-0.4, -0.2) is 7.05 Å². The molecule has 1 aromatic carbocycles. The molecular weight excluding hydrogens is 220 g/mol. The molecule has 0 fully saturated rings. The summed E-state index contributed by atoms with van der Waals surface area (Å²) in [6.45, 7) is 7.50. The Kier molecular flexibility index (Phi) is 5.03. The fourth-order valence-electron chi connectivity index (χ4n) is 1.22. The van der Waals surface area contributed by atoms with Gasteiger partial charge in [-0.25, -0.2) is 0 Å². The largest absolute Gasteiger partial charge is 0.389 e. The van der Waals surface area contributed by atoms with Gasteiger partial charge in [-0.05, 0) is 24.3 Å². The normalized spacial score (nSPS) is 9.67. The number of nitrogens with zero attached hydrogens (tertiary/aromatic N) is 1. The van der Waals surface area contributed by atoms with Crippen molar-refractivity contribution in [2.24, 2.45) is 0 Å². The minimum Gasteiger partial charge on any atom is -0.389 e. The highest BCUT2D eigenvalue weighted by Crippen LogP contribution is 2.04. The molecule has 2 heteroatoms. The molecule has 0 atom stereocenters. The molecule has 2 nitrogen and oxygen atoms in total. The Morgan fingerprint density at radius 3 is 2.72 bits per heavy atom. The van der Waals surface area contributed by atoms with Crippen molar-refractivity contribution in [3.05, 3.63) is 72.0 Å². The summed E-state index contributed by atoms with van der Waals surface area (Å²) >= 11 is 0. The molecule has 18 heavy (non-hydrogen) atoms. The van der Waals surface area contributed by atoms with E-state index < -0.39 is 0 Å². The Balaban J connectivity index is 2.99. The maximum absolute atomic E-state index is 8.79. The maximum Gasteiger partial charge on any atom is 0.0992 e. The van der Waals surface area contributed by atoms with Crippen molar-refractivity contribution < 1.29 is 0 Å². The van der Waals surface area contributed by atoms with E-state index in [1.54, 1.807) is 25.3 Å². The topological polar surface area (TPSA) is 35.8 Å². The van der Waals surface area contributed by atoms with Gasteiger partial charge in [0.2, 0.25) is 0 Å². The molecule has 0 bridgehead atoms. The molecule has 0 aliphatic heterocycles. The average Bonchev–Trinajstić information content (AvgIpc) is 2.43. The summed E-state index contributed by atoms with van der Waals surface area (Å²) in [5.41, 5.74) is 2.95. The van der Waals surface area contributed by atoms with Crippen LogP contribution in [0.2, 0.25) is 0 Å². The van der Waals surface area contributed by atoms with Crippen LogP contribution >= 0.6 is 0 Å². The predicted molar refractivity (Wildman–Crippen MR) is 74.5 cm³/mol. The summed E-state index contributed by atoms with van der Waals surface area (Å²) in [5.74, 6) is 5.98. The Morgan fingerprint density at radius 2 is 2.11 bits per heavy atom. The molecule has 0 unspecified atom stereocenters. The first-order valence-corrected chi connectivity index (χ1v) is 5.42. The van der Waals surface area contributed by atoms with Crippen LogP contribution < -0.4 is 5.32 Å². The number of allylic oxidation sites excluding steroid dienone is 3. The zero-order chi connectivity index (χ0) is 13.4. The highest BCUT2D eigenvalue weighted by Gasteiger charge is 1.91. The Bertz CT molecular complexity index is 590. The van der Waals surface area contributed by atoms with Crippen LogP contribution in [0.25, 0.3) is 0 Å². The number of rotatable bonds is 3. The molecule has 1 rings (SSSR count). The fourth-order valence-corrected chi connectivity index (χ4v) is 1.22. The fraction of sp³-hybridized carbons (Fsp3) is 0.0625. The number of hydrogen-bond donors (Lipinski definition) is 1. The average molecular weight is 234 g/mol. The second kappa shape index (κ2) is 6.78. The van der Waals surface area contributed by atoms with Gasteiger partial charge >= 0.3 is 0 Å². The second-order valence-electron chi connectivity index (χ2n) is 3.52. The first-order valence-electron chi connectivity index (χ1n) is 5.42. The lowest BCUT2D eigenvalue weighted by Crippen LogP contribution is -2.01. The van der Waals surface area contributed by atoms with Crippen LogP contribution in [0.15, 0.2) is 60.8 Å². The van der Waals surface area contributed by atoms with E-state index in [0.29, 0.717) is 5.56 Å². The van der Waals surface area contributed by atoms with Gasteiger partial charge in [0.25, 0.3) is 0 Å². The van der Waals surface area contributed by atoms with Gasteiger partial charge in [0.1, 0.15) is 0 Å². The third-order valence-electron chi connectivity index (χ3n) is 2.21. The zero-order valence-electron chi connectivity index (χ0n) is 10.3. The van der Waals surface area contributed by atoms with Gasteiger partial charge in [0, 0.05) is 23.9 Å². The molecule has 0 saturated heterocycles. The van der Waals surface area contributed by atoms with Gasteiger partial charge in [0.05, 0.1) is 11.6 Å². The van der Waals surface area contributed by atoms with Gasteiger partial charge in [0.15, 0.2) is 0 Å². The standard InChI is InChI=1S/C16H14N2/c1-4-14(10-13(2)18-3)8-9-15-6-5-7-16(11-15)12-17/h4-7,10-11,18H,1-2H2,3H3. The van der Waals surface area contributed by atoms with E-state index in [0.717, 1.165) is 16.8 Å². The second-order valence-corrected chi connectivity index (χ2v) is 3.52. The Labute approximate surface area is 108 Å². The number of benzene rings is 1. The summed E-state index contributed by atoms with van der Waals surface area (Å²) in [6, 6.07) is 9.26. The Morgan fingerprint density at radius 1 is 1.39 bits per heavy atom. The van der Waals surface area contributed by atoms with Gasteiger partial charge in [-0.2, -0.15) is 5.26 Å².